The number of rotatable bonds is 4. The molecular formula is C17H22ClNO3. The van der Waals surface area contributed by atoms with Crippen molar-refractivity contribution in [1.29, 1.82) is 0 Å². The zero-order chi connectivity index (χ0) is 16.1. The maximum absolute atomic E-state index is 12.0. The number of carbonyl (C=O) groups excluding carboxylic acids is 2. The monoisotopic (exact) mass is 323 g/mol. The SMILES string of the molecule is C[C@@H]1[C@@H](C)CCC[C@H]1NC(=O)COC(=O)c1ccccc1Cl. The number of amides is 1. The van der Waals surface area contributed by atoms with Gasteiger partial charge in [0.25, 0.3) is 5.91 Å². The average Bonchev–Trinajstić information content (AvgIpc) is 2.50. The highest BCUT2D eigenvalue weighted by atomic mass is 35.5. The minimum atomic E-state index is -0.578. The van der Waals surface area contributed by atoms with Crippen LogP contribution in [0.15, 0.2) is 24.3 Å². The number of hydrogen-bond acceptors (Lipinski definition) is 3. The lowest BCUT2D eigenvalue weighted by atomic mass is 9.78. The summed E-state index contributed by atoms with van der Waals surface area (Å²) in [6, 6.07) is 6.79. The van der Waals surface area contributed by atoms with E-state index in [1.54, 1.807) is 24.3 Å². The third kappa shape index (κ3) is 4.23. The summed E-state index contributed by atoms with van der Waals surface area (Å²) in [6.07, 6.45) is 3.31. The van der Waals surface area contributed by atoms with Gasteiger partial charge >= 0.3 is 5.97 Å². The highest BCUT2D eigenvalue weighted by Crippen LogP contribution is 2.29. The van der Waals surface area contributed by atoms with Gasteiger partial charge in [-0.2, -0.15) is 0 Å². The van der Waals surface area contributed by atoms with Crippen molar-refractivity contribution in [3.63, 3.8) is 0 Å². The summed E-state index contributed by atoms with van der Waals surface area (Å²) in [7, 11) is 0. The van der Waals surface area contributed by atoms with Crippen LogP contribution in [0, 0.1) is 11.8 Å². The molecular weight excluding hydrogens is 302 g/mol. The molecule has 1 saturated carbocycles. The normalized spacial score (nSPS) is 24.6. The second-order valence-electron chi connectivity index (χ2n) is 6.00. The summed E-state index contributed by atoms with van der Waals surface area (Å²) in [5.41, 5.74) is 0.275. The minimum absolute atomic E-state index is 0.162. The van der Waals surface area contributed by atoms with Crippen LogP contribution in [0.2, 0.25) is 5.02 Å². The van der Waals surface area contributed by atoms with E-state index in [0.717, 1.165) is 12.8 Å². The van der Waals surface area contributed by atoms with Crippen LogP contribution in [0.25, 0.3) is 0 Å². The van der Waals surface area contributed by atoms with Crippen LogP contribution >= 0.6 is 11.6 Å². The average molecular weight is 324 g/mol. The van der Waals surface area contributed by atoms with Crippen LogP contribution in [0.4, 0.5) is 0 Å². The minimum Gasteiger partial charge on any atom is -0.452 e. The first-order chi connectivity index (χ1) is 10.5. The molecule has 1 fully saturated rings. The van der Waals surface area contributed by atoms with Crippen molar-refractivity contribution in [2.75, 3.05) is 6.61 Å². The van der Waals surface area contributed by atoms with Gasteiger partial charge in [0.05, 0.1) is 10.6 Å². The number of hydrogen-bond donors (Lipinski definition) is 1. The Morgan fingerprint density at radius 3 is 2.73 bits per heavy atom. The van der Waals surface area contributed by atoms with Crippen molar-refractivity contribution >= 4 is 23.5 Å². The second-order valence-corrected chi connectivity index (χ2v) is 6.40. The van der Waals surface area contributed by atoms with Crippen molar-refractivity contribution in [1.82, 2.24) is 5.32 Å². The Morgan fingerprint density at radius 1 is 1.27 bits per heavy atom. The summed E-state index contributed by atoms with van der Waals surface area (Å²) in [5.74, 6) is 0.207. The van der Waals surface area contributed by atoms with E-state index in [-0.39, 0.29) is 24.1 Å². The lowest BCUT2D eigenvalue weighted by Gasteiger charge is -2.34. The van der Waals surface area contributed by atoms with E-state index in [2.05, 4.69) is 19.2 Å². The maximum Gasteiger partial charge on any atom is 0.340 e. The standard InChI is InChI=1S/C17H22ClNO3/c1-11-6-5-9-15(12(11)2)19-16(20)10-22-17(21)13-7-3-4-8-14(13)18/h3-4,7-8,11-12,15H,5-6,9-10H2,1-2H3,(H,19,20)/t11-,12+,15+/m0/s1. The van der Waals surface area contributed by atoms with Crippen molar-refractivity contribution in [2.45, 2.75) is 39.2 Å². The highest BCUT2D eigenvalue weighted by Gasteiger charge is 2.28. The lowest BCUT2D eigenvalue weighted by Crippen LogP contribution is -2.45. The van der Waals surface area contributed by atoms with E-state index in [1.165, 1.54) is 6.42 Å². The number of ether oxygens (including phenoxy) is 1. The Hall–Kier alpha value is -1.55. The summed E-state index contributed by atoms with van der Waals surface area (Å²) < 4.78 is 5.04. The molecule has 5 heteroatoms. The molecule has 0 heterocycles. The fraction of sp³-hybridized carbons (Fsp3) is 0.529. The maximum atomic E-state index is 12.0. The zero-order valence-corrected chi connectivity index (χ0v) is 13.7. The quantitative estimate of drug-likeness (QED) is 0.864. The molecule has 0 saturated heterocycles. The van der Waals surface area contributed by atoms with Crippen LogP contribution < -0.4 is 5.32 Å². The molecule has 4 nitrogen and oxygen atoms in total. The first-order valence-electron chi connectivity index (χ1n) is 7.70. The molecule has 0 spiro atoms. The molecule has 0 unspecified atom stereocenters. The van der Waals surface area contributed by atoms with Crippen LogP contribution in [0.3, 0.4) is 0 Å². The van der Waals surface area contributed by atoms with Crippen molar-refractivity contribution in [3.05, 3.63) is 34.9 Å². The molecule has 1 aliphatic rings. The number of halogens is 1. The first kappa shape index (κ1) is 16.8. The van der Waals surface area contributed by atoms with Crippen LogP contribution in [0.1, 0.15) is 43.5 Å². The summed E-state index contributed by atoms with van der Waals surface area (Å²) in [4.78, 5) is 23.9. The van der Waals surface area contributed by atoms with Gasteiger partial charge in [0.2, 0.25) is 0 Å². The van der Waals surface area contributed by atoms with Gasteiger partial charge in [-0.25, -0.2) is 4.79 Å². The van der Waals surface area contributed by atoms with Crippen LogP contribution in [-0.4, -0.2) is 24.5 Å². The molecule has 1 aromatic carbocycles. The van der Waals surface area contributed by atoms with Crippen molar-refractivity contribution < 1.29 is 14.3 Å². The Balaban J connectivity index is 1.83. The van der Waals surface area contributed by atoms with Gasteiger partial charge in [-0.15, -0.1) is 0 Å². The molecule has 2 rings (SSSR count). The Kier molecular flexibility index (Phi) is 5.83. The smallest absolute Gasteiger partial charge is 0.340 e. The van der Waals surface area contributed by atoms with Gasteiger partial charge in [0.15, 0.2) is 6.61 Å². The second kappa shape index (κ2) is 7.63. The van der Waals surface area contributed by atoms with E-state index in [0.29, 0.717) is 16.9 Å². The van der Waals surface area contributed by atoms with Crippen molar-refractivity contribution in [3.8, 4) is 0 Å². The number of esters is 1. The Labute approximate surface area is 136 Å². The predicted octanol–water partition coefficient (Wildman–Crippen LogP) is 3.44. The van der Waals surface area contributed by atoms with E-state index in [4.69, 9.17) is 16.3 Å². The van der Waals surface area contributed by atoms with Gasteiger partial charge in [0, 0.05) is 6.04 Å². The summed E-state index contributed by atoms with van der Waals surface area (Å²) in [5, 5.41) is 3.29. The molecule has 1 aromatic rings. The number of nitrogens with one attached hydrogen (secondary N) is 1. The third-order valence-corrected chi connectivity index (χ3v) is 4.81. The summed E-state index contributed by atoms with van der Waals surface area (Å²) in [6.45, 7) is 4.09. The molecule has 120 valence electrons. The Morgan fingerprint density at radius 2 is 2.00 bits per heavy atom. The molecule has 0 aliphatic heterocycles. The summed E-state index contributed by atoms with van der Waals surface area (Å²) >= 11 is 5.92. The lowest BCUT2D eigenvalue weighted by molar-refractivity contribution is -0.125. The fourth-order valence-electron chi connectivity index (χ4n) is 2.87. The van der Waals surface area contributed by atoms with E-state index >= 15 is 0 Å². The largest absolute Gasteiger partial charge is 0.452 e. The van der Waals surface area contributed by atoms with E-state index < -0.39 is 5.97 Å². The molecule has 3 atom stereocenters. The fourth-order valence-corrected chi connectivity index (χ4v) is 3.08. The van der Waals surface area contributed by atoms with Gasteiger partial charge in [-0.3, -0.25) is 4.79 Å². The van der Waals surface area contributed by atoms with Gasteiger partial charge in [-0.05, 0) is 30.4 Å². The topological polar surface area (TPSA) is 55.4 Å². The molecule has 22 heavy (non-hydrogen) atoms. The molecule has 0 radical (unpaired) electrons. The first-order valence-corrected chi connectivity index (χ1v) is 8.08. The predicted molar refractivity (Wildman–Crippen MR) is 85.8 cm³/mol. The van der Waals surface area contributed by atoms with Crippen LogP contribution in [-0.2, 0) is 9.53 Å². The highest BCUT2D eigenvalue weighted by molar-refractivity contribution is 6.33. The van der Waals surface area contributed by atoms with Gasteiger partial charge in [0.1, 0.15) is 0 Å². The zero-order valence-electron chi connectivity index (χ0n) is 13.0. The molecule has 1 amide bonds. The third-order valence-electron chi connectivity index (χ3n) is 4.48. The number of carbonyl (C=O) groups is 2. The number of benzene rings is 1. The van der Waals surface area contributed by atoms with E-state index in [1.807, 2.05) is 0 Å². The van der Waals surface area contributed by atoms with Crippen molar-refractivity contribution in [2.24, 2.45) is 11.8 Å². The Bertz CT molecular complexity index is 546. The molecule has 1 aliphatic carbocycles. The van der Waals surface area contributed by atoms with Gasteiger partial charge in [-0.1, -0.05) is 50.4 Å². The molecule has 0 bridgehead atoms. The molecule has 1 N–H and O–H groups in total. The van der Waals surface area contributed by atoms with Gasteiger partial charge < -0.3 is 10.1 Å². The van der Waals surface area contributed by atoms with Crippen LogP contribution in [0.5, 0.6) is 0 Å². The van der Waals surface area contributed by atoms with E-state index in [9.17, 15) is 9.59 Å². The molecule has 0 aromatic heterocycles.